The number of carbonyl (C=O) groups excluding carboxylic acids is 2. The van der Waals surface area contributed by atoms with Crippen molar-refractivity contribution >= 4 is 33.5 Å². The number of hydrogen-bond acceptors (Lipinski definition) is 4. The summed E-state index contributed by atoms with van der Waals surface area (Å²) in [4.78, 5) is 23.1. The molecular formula is C16H13BrFNO4. The number of nitrogens with one attached hydrogen (secondary N) is 1. The van der Waals surface area contributed by atoms with Crippen molar-refractivity contribution in [2.24, 2.45) is 0 Å². The fourth-order valence-corrected chi connectivity index (χ4v) is 2.21. The van der Waals surface area contributed by atoms with Gasteiger partial charge in [-0.3, -0.25) is 4.79 Å². The minimum atomic E-state index is -0.452. The zero-order valence-electron chi connectivity index (χ0n) is 12.1. The number of carbonyl (C=O) groups is 2. The average molecular weight is 382 g/mol. The average Bonchev–Trinajstić information content (AvgIpc) is 2.54. The van der Waals surface area contributed by atoms with Gasteiger partial charge in [-0.25, -0.2) is 9.18 Å². The summed E-state index contributed by atoms with van der Waals surface area (Å²) in [5.74, 6) is -0.874. The third kappa shape index (κ3) is 4.79. The molecule has 2 aromatic carbocycles. The highest BCUT2D eigenvalue weighted by Gasteiger charge is 2.08. The Labute approximate surface area is 140 Å². The maximum Gasteiger partial charge on any atom is 0.337 e. The summed E-state index contributed by atoms with van der Waals surface area (Å²) in [5.41, 5.74) is 0.904. The Kier molecular flexibility index (Phi) is 5.70. The molecule has 0 unspecified atom stereocenters. The lowest BCUT2D eigenvalue weighted by atomic mass is 10.2. The molecule has 2 rings (SSSR count). The zero-order chi connectivity index (χ0) is 16.8. The number of ether oxygens (including phenoxy) is 2. The molecular weight excluding hydrogens is 369 g/mol. The summed E-state index contributed by atoms with van der Waals surface area (Å²) in [7, 11) is 1.29. The normalized spacial score (nSPS) is 10.0. The topological polar surface area (TPSA) is 64.6 Å². The summed E-state index contributed by atoms with van der Waals surface area (Å²) in [5, 5.41) is 2.62. The van der Waals surface area contributed by atoms with Crippen LogP contribution in [0.1, 0.15) is 10.4 Å². The van der Waals surface area contributed by atoms with Crippen LogP contribution in [-0.4, -0.2) is 25.6 Å². The molecule has 1 amide bonds. The molecule has 0 heterocycles. The molecule has 0 radical (unpaired) electrons. The predicted molar refractivity (Wildman–Crippen MR) is 86.0 cm³/mol. The van der Waals surface area contributed by atoms with Crippen LogP contribution in [0.2, 0.25) is 0 Å². The van der Waals surface area contributed by atoms with Crippen LogP contribution in [0.25, 0.3) is 0 Å². The van der Waals surface area contributed by atoms with Crippen LogP contribution in [0, 0.1) is 5.82 Å². The molecule has 0 fully saturated rings. The van der Waals surface area contributed by atoms with E-state index in [1.54, 1.807) is 24.3 Å². The van der Waals surface area contributed by atoms with E-state index in [9.17, 15) is 14.0 Å². The quantitative estimate of drug-likeness (QED) is 0.806. The summed E-state index contributed by atoms with van der Waals surface area (Å²) in [6, 6.07) is 10.2. The molecule has 23 heavy (non-hydrogen) atoms. The minimum absolute atomic E-state index is 0.233. The van der Waals surface area contributed by atoms with Gasteiger partial charge >= 0.3 is 5.97 Å². The van der Waals surface area contributed by atoms with Crippen LogP contribution < -0.4 is 10.1 Å². The lowest BCUT2D eigenvalue weighted by Crippen LogP contribution is -2.20. The fraction of sp³-hybridized carbons (Fsp3) is 0.125. The Morgan fingerprint density at radius 3 is 2.48 bits per heavy atom. The van der Waals surface area contributed by atoms with Crippen molar-refractivity contribution in [2.45, 2.75) is 0 Å². The van der Waals surface area contributed by atoms with Gasteiger partial charge in [0.1, 0.15) is 11.6 Å². The highest BCUT2D eigenvalue weighted by molar-refractivity contribution is 9.10. The van der Waals surface area contributed by atoms with E-state index in [1.807, 2.05) is 0 Å². The van der Waals surface area contributed by atoms with Crippen LogP contribution >= 0.6 is 15.9 Å². The smallest absolute Gasteiger partial charge is 0.337 e. The fourth-order valence-electron chi connectivity index (χ4n) is 1.74. The maximum atomic E-state index is 13.0. The van der Waals surface area contributed by atoms with Crippen molar-refractivity contribution in [1.29, 1.82) is 0 Å². The molecule has 0 aliphatic rings. The number of anilines is 1. The molecule has 0 spiro atoms. The summed E-state index contributed by atoms with van der Waals surface area (Å²) < 4.78 is 23.3. The summed E-state index contributed by atoms with van der Waals surface area (Å²) in [6.45, 7) is -0.233. The van der Waals surface area contributed by atoms with Crippen LogP contribution in [0.3, 0.4) is 0 Å². The minimum Gasteiger partial charge on any atom is -0.483 e. The number of halogens is 2. The molecule has 0 saturated carbocycles. The van der Waals surface area contributed by atoms with Crippen molar-refractivity contribution in [3.05, 3.63) is 58.3 Å². The van der Waals surface area contributed by atoms with E-state index in [0.717, 1.165) is 0 Å². The van der Waals surface area contributed by atoms with Crippen molar-refractivity contribution in [3.63, 3.8) is 0 Å². The molecule has 2 aromatic rings. The van der Waals surface area contributed by atoms with Crippen LogP contribution in [0.15, 0.2) is 46.9 Å². The first-order valence-corrected chi connectivity index (χ1v) is 7.35. The molecule has 7 heteroatoms. The molecule has 0 bridgehead atoms. The number of benzene rings is 2. The molecule has 0 saturated heterocycles. The monoisotopic (exact) mass is 381 g/mol. The first-order valence-electron chi connectivity index (χ1n) is 6.55. The Hall–Kier alpha value is -2.41. The number of esters is 1. The van der Waals surface area contributed by atoms with Gasteiger partial charge in [-0.05, 0) is 58.4 Å². The second-order valence-electron chi connectivity index (χ2n) is 4.48. The lowest BCUT2D eigenvalue weighted by Gasteiger charge is -2.09. The molecule has 5 nitrogen and oxygen atoms in total. The van der Waals surface area contributed by atoms with Gasteiger partial charge in [0.2, 0.25) is 0 Å². The van der Waals surface area contributed by atoms with E-state index >= 15 is 0 Å². The molecule has 0 atom stereocenters. The van der Waals surface area contributed by atoms with Crippen molar-refractivity contribution in [2.75, 3.05) is 19.0 Å². The number of hydrogen-bond donors (Lipinski definition) is 1. The van der Waals surface area contributed by atoms with Crippen LogP contribution in [-0.2, 0) is 9.53 Å². The van der Waals surface area contributed by atoms with E-state index in [1.165, 1.54) is 25.3 Å². The molecule has 0 aliphatic heterocycles. The number of amides is 1. The second kappa shape index (κ2) is 7.73. The highest BCUT2D eigenvalue weighted by Crippen LogP contribution is 2.25. The van der Waals surface area contributed by atoms with Gasteiger partial charge in [0.15, 0.2) is 6.61 Å². The van der Waals surface area contributed by atoms with E-state index in [4.69, 9.17) is 4.74 Å². The Balaban J connectivity index is 1.90. The molecule has 0 aliphatic carbocycles. The zero-order valence-corrected chi connectivity index (χ0v) is 13.7. The second-order valence-corrected chi connectivity index (χ2v) is 5.33. The largest absolute Gasteiger partial charge is 0.483 e. The first-order chi connectivity index (χ1) is 11.0. The summed E-state index contributed by atoms with van der Waals surface area (Å²) in [6.07, 6.45) is 0. The van der Waals surface area contributed by atoms with E-state index in [-0.39, 0.29) is 12.5 Å². The SMILES string of the molecule is COC(=O)c1ccc(NC(=O)COc2ccc(F)cc2Br)cc1. The first kappa shape index (κ1) is 17.0. The molecule has 0 aromatic heterocycles. The number of rotatable bonds is 5. The van der Waals surface area contributed by atoms with E-state index < -0.39 is 11.8 Å². The van der Waals surface area contributed by atoms with Crippen LogP contribution in [0.5, 0.6) is 5.75 Å². The van der Waals surface area contributed by atoms with Crippen molar-refractivity contribution in [3.8, 4) is 5.75 Å². The highest BCUT2D eigenvalue weighted by atomic mass is 79.9. The lowest BCUT2D eigenvalue weighted by molar-refractivity contribution is -0.118. The van der Waals surface area contributed by atoms with Gasteiger partial charge in [0.05, 0.1) is 17.1 Å². The summed E-state index contributed by atoms with van der Waals surface area (Å²) >= 11 is 3.15. The third-order valence-electron chi connectivity index (χ3n) is 2.84. The predicted octanol–water partition coefficient (Wildman–Crippen LogP) is 3.39. The van der Waals surface area contributed by atoms with Gasteiger partial charge in [0.25, 0.3) is 5.91 Å². The van der Waals surface area contributed by atoms with Gasteiger partial charge < -0.3 is 14.8 Å². The van der Waals surface area contributed by atoms with E-state index in [0.29, 0.717) is 21.5 Å². The number of methoxy groups -OCH3 is 1. The Morgan fingerprint density at radius 1 is 1.17 bits per heavy atom. The van der Waals surface area contributed by atoms with Crippen molar-refractivity contribution in [1.82, 2.24) is 0 Å². The van der Waals surface area contributed by atoms with Crippen molar-refractivity contribution < 1.29 is 23.5 Å². The van der Waals surface area contributed by atoms with Gasteiger partial charge in [-0.1, -0.05) is 0 Å². The van der Waals surface area contributed by atoms with Gasteiger partial charge in [0, 0.05) is 5.69 Å². The Morgan fingerprint density at radius 2 is 1.87 bits per heavy atom. The molecule has 1 N–H and O–H groups in total. The Bertz CT molecular complexity index is 719. The van der Waals surface area contributed by atoms with Gasteiger partial charge in [-0.15, -0.1) is 0 Å². The van der Waals surface area contributed by atoms with Crippen LogP contribution in [0.4, 0.5) is 10.1 Å². The maximum absolute atomic E-state index is 13.0. The standard InChI is InChI=1S/C16H13BrFNO4/c1-22-16(21)10-2-5-12(6-3-10)19-15(20)9-23-14-7-4-11(18)8-13(14)17/h2-8H,9H2,1H3,(H,19,20). The van der Waals surface area contributed by atoms with E-state index in [2.05, 4.69) is 26.0 Å². The third-order valence-corrected chi connectivity index (χ3v) is 3.46. The van der Waals surface area contributed by atoms with Gasteiger partial charge in [-0.2, -0.15) is 0 Å². The molecule has 120 valence electrons.